The maximum atomic E-state index is 14.2. The van der Waals surface area contributed by atoms with Gasteiger partial charge in [-0.15, -0.1) is 23.2 Å². The Morgan fingerprint density at radius 1 is 1.09 bits per heavy atom. The Hall–Kier alpha value is -1.34. The zero-order valence-corrected chi connectivity index (χ0v) is 22.0. The summed E-state index contributed by atoms with van der Waals surface area (Å²) in [5.74, 6) is -3.01. The molecule has 2 aliphatic carbocycles. The minimum Gasteiger partial charge on any atom is -0.508 e. The molecule has 0 aromatic heterocycles. The van der Waals surface area contributed by atoms with Gasteiger partial charge in [0.1, 0.15) is 17.1 Å². The molecule has 1 aromatic carbocycles. The molecule has 0 bridgehead atoms. The van der Waals surface area contributed by atoms with Crippen molar-refractivity contribution in [2.75, 3.05) is 0 Å². The van der Waals surface area contributed by atoms with E-state index >= 15 is 0 Å². The van der Waals surface area contributed by atoms with Gasteiger partial charge in [-0.05, 0) is 70.8 Å². The predicted octanol–water partition coefficient (Wildman–Crippen LogP) is 5.13. The molecule has 1 saturated heterocycles. The average Bonchev–Trinajstić information content (AvgIpc) is 2.73. The first-order chi connectivity index (χ1) is 15.5. The van der Waals surface area contributed by atoms with Gasteiger partial charge in [0.25, 0.3) is 0 Å². The number of hydrogen-bond acceptors (Lipinski definition) is 6. The third kappa shape index (κ3) is 3.51. The first-order valence-electron chi connectivity index (χ1n) is 11.8. The van der Waals surface area contributed by atoms with Gasteiger partial charge in [-0.3, -0.25) is 9.59 Å². The molecule has 1 aliphatic heterocycles. The Kier molecular flexibility index (Phi) is 5.93. The molecular weight excluding hydrogens is 479 g/mol. The highest BCUT2D eigenvalue weighted by molar-refractivity contribution is 6.24. The summed E-state index contributed by atoms with van der Waals surface area (Å²) >= 11 is 13.4. The van der Waals surface area contributed by atoms with Crippen LogP contribution in [0.4, 0.5) is 0 Å². The number of hydrogen-bond donors (Lipinski definition) is 3. The molecule has 6 nitrogen and oxygen atoms in total. The summed E-state index contributed by atoms with van der Waals surface area (Å²) in [7, 11) is 0. The van der Waals surface area contributed by atoms with Crippen LogP contribution >= 0.6 is 23.2 Å². The van der Waals surface area contributed by atoms with E-state index in [1.54, 1.807) is 20.8 Å². The van der Waals surface area contributed by atoms with Crippen LogP contribution in [-0.4, -0.2) is 54.4 Å². The van der Waals surface area contributed by atoms with E-state index in [9.17, 15) is 24.9 Å². The lowest BCUT2D eigenvalue weighted by molar-refractivity contribution is -0.196. The fourth-order valence-corrected chi connectivity index (χ4v) is 6.92. The van der Waals surface area contributed by atoms with Crippen molar-refractivity contribution in [2.45, 2.75) is 94.8 Å². The topological polar surface area (TPSA) is 104 Å². The molecule has 2 unspecified atom stereocenters. The van der Waals surface area contributed by atoms with Gasteiger partial charge in [-0.2, -0.15) is 0 Å². The molecule has 2 fully saturated rings. The van der Waals surface area contributed by atoms with Gasteiger partial charge in [-0.1, -0.05) is 13.8 Å². The summed E-state index contributed by atoms with van der Waals surface area (Å²) in [4.78, 5) is 28.1. The highest BCUT2D eigenvalue weighted by Crippen LogP contribution is 2.58. The summed E-state index contributed by atoms with van der Waals surface area (Å²) in [6.45, 7) is 10.7. The number of carbonyl (C=O) groups is 2. The SMILES string of the molecule is Cc1c(O)cc2c(c1O)C(=O)C1C[C@@H](Cl)C(C)(C)O[C@@]1(C[C@H]1C(C)(C)C(Cl)CC[C@]1(C)O)C2=O. The van der Waals surface area contributed by atoms with Crippen molar-refractivity contribution in [1.82, 2.24) is 0 Å². The van der Waals surface area contributed by atoms with Crippen molar-refractivity contribution in [3.63, 3.8) is 0 Å². The fraction of sp³-hybridized carbons (Fsp3) is 0.692. The Morgan fingerprint density at radius 3 is 2.32 bits per heavy atom. The maximum absolute atomic E-state index is 14.2. The van der Waals surface area contributed by atoms with Gasteiger partial charge in [0, 0.05) is 16.5 Å². The number of alkyl halides is 2. The normalized spacial score (nSPS) is 38.9. The molecule has 0 radical (unpaired) electrons. The van der Waals surface area contributed by atoms with Gasteiger partial charge >= 0.3 is 0 Å². The van der Waals surface area contributed by atoms with Crippen molar-refractivity contribution < 1.29 is 29.6 Å². The van der Waals surface area contributed by atoms with Gasteiger partial charge in [0.05, 0.1) is 28.1 Å². The molecular formula is C26H34Cl2O6. The van der Waals surface area contributed by atoms with Crippen LogP contribution in [0.15, 0.2) is 6.07 Å². The molecule has 188 valence electrons. The second-order valence-electron chi connectivity index (χ2n) is 11.8. The lowest BCUT2D eigenvalue weighted by Gasteiger charge is -2.58. The summed E-state index contributed by atoms with van der Waals surface area (Å²) in [6.07, 6.45) is 1.32. The molecule has 3 aliphatic rings. The monoisotopic (exact) mass is 512 g/mol. The standard InChI is InChI=1S/C26H34Cl2O6/c1-12-15(29)9-13-19(20(12)30)21(31)14-10-18(28)24(4,5)34-26(14,22(13)32)11-16-23(2,3)17(27)7-8-25(16,6)33/h9,14,16-18,29-30,33H,7-8,10-11H2,1-6H3/t14?,16-,17?,18+,25-,26+/m0/s1. The average molecular weight is 513 g/mol. The number of Topliss-reactive ketones (excluding diaryl/α,β-unsaturated/α-hetero) is 2. The smallest absolute Gasteiger partial charge is 0.196 e. The van der Waals surface area contributed by atoms with Crippen molar-refractivity contribution in [1.29, 1.82) is 0 Å². The fourth-order valence-electron chi connectivity index (χ4n) is 6.44. The van der Waals surface area contributed by atoms with Gasteiger partial charge in [0.2, 0.25) is 0 Å². The lowest BCUT2D eigenvalue weighted by atomic mass is 9.54. The molecule has 1 saturated carbocycles. The van der Waals surface area contributed by atoms with Crippen molar-refractivity contribution >= 4 is 34.8 Å². The zero-order valence-electron chi connectivity index (χ0n) is 20.5. The second kappa shape index (κ2) is 7.83. The number of phenolic OH excluding ortho intramolecular Hbond substituents is 2. The number of benzene rings is 1. The maximum Gasteiger partial charge on any atom is 0.196 e. The summed E-state index contributed by atoms with van der Waals surface area (Å²) in [5, 5.41) is 31.7. The van der Waals surface area contributed by atoms with Crippen LogP contribution in [0.1, 0.15) is 86.6 Å². The third-order valence-electron chi connectivity index (χ3n) is 8.79. The van der Waals surface area contributed by atoms with Gasteiger partial charge < -0.3 is 20.1 Å². The van der Waals surface area contributed by atoms with Crippen molar-refractivity contribution in [2.24, 2.45) is 17.3 Å². The Labute approximate surface area is 210 Å². The first kappa shape index (κ1) is 25.7. The van der Waals surface area contributed by atoms with Crippen LogP contribution in [0.5, 0.6) is 11.5 Å². The summed E-state index contributed by atoms with van der Waals surface area (Å²) in [6, 6.07) is 1.24. The van der Waals surface area contributed by atoms with E-state index in [0.29, 0.717) is 12.8 Å². The predicted molar refractivity (Wildman–Crippen MR) is 130 cm³/mol. The molecule has 0 amide bonds. The van der Waals surface area contributed by atoms with E-state index in [1.807, 2.05) is 13.8 Å². The molecule has 1 heterocycles. The number of phenols is 2. The Bertz CT molecular complexity index is 1060. The van der Waals surface area contributed by atoms with Crippen LogP contribution in [0.2, 0.25) is 0 Å². The number of rotatable bonds is 2. The second-order valence-corrected chi connectivity index (χ2v) is 12.8. The van der Waals surface area contributed by atoms with Crippen molar-refractivity contribution in [3.8, 4) is 11.5 Å². The van der Waals surface area contributed by atoms with E-state index < -0.39 is 56.7 Å². The number of ether oxygens (including phenoxy) is 1. The van der Waals surface area contributed by atoms with Crippen LogP contribution in [0, 0.1) is 24.2 Å². The highest BCUT2D eigenvalue weighted by atomic mass is 35.5. The number of aliphatic hydroxyl groups is 1. The van der Waals surface area contributed by atoms with Crippen LogP contribution in [0.25, 0.3) is 0 Å². The van der Waals surface area contributed by atoms with Crippen molar-refractivity contribution in [3.05, 3.63) is 22.8 Å². The Morgan fingerprint density at radius 2 is 1.71 bits per heavy atom. The number of halogens is 2. The lowest BCUT2D eigenvalue weighted by Crippen LogP contribution is -2.67. The van der Waals surface area contributed by atoms with E-state index in [4.69, 9.17) is 27.9 Å². The number of ketones is 2. The number of fused-ring (bicyclic) bond motifs is 2. The van der Waals surface area contributed by atoms with Crippen LogP contribution in [0.3, 0.4) is 0 Å². The first-order valence-corrected chi connectivity index (χ1v) is 12.7. The minimum absolute atomic E-state index is 0.0628. The quantitative estimate of drug-likeness (QED) is 0.474. The highest BCUT2D eigenvalue weighted by Gasteiger charge is 2.65. The zero-order chi connectivity index (χ0) is 25.6. The Balaban J connectivity index is 1.95. The number of carbonyl (C=O) groups excluding carboxylic acids is 2. The molecule has 4 rings (SSSR count). The van der Waals surface area contributed by atoms with E-state index in [0.717, 1.165) is 0 Å². The van der Waals surface area contributed by atoms with E-state index in [-0.39, 0.29) is 40.7 Å². The van der Waals surface area contributed by atoms with E-state index in [1.165, 1.54) is 13.0 Å². The van der Waals surface area contributed by atoms with Gasteiger partial charge in [0.15, 0.2) is 11.6 Å². The molecule has 0 spiro atoms. The molecule has 8 heteroatoms. The third-order valence-corrected chi connectivity index (χ3v) is 10.3. The summed E-state index contributed by atoms with van der Waals surface area (Å²) in [5.41, 5.74) is -4.29. The molecule has 1 aromatic rings. The van der Waals surface area contributed by atoms with Crippen LogP contribution in [-0.2, 0) is 4.74 Å². The molecule has 3 N–H and O–H groups in total. The minimum atomic E-state index is -1.62. The largest absolute Gasteiger partial charge is 0.508 e. The molecule has 6 atom stereocenters. The summed E-state index contributed by atoms with van der Waals surface area (Å²) < 4.78 is 6.53. The van der Waals surface area contributed by atoms with Gasteiger partial charge in [-0.25, -0.2) is 0 Å². The molecule has 34 heavy (non-hydrogen) atoms. The van der Waals surface area contributed by atoms with Crippen LogP contribution < -0.4 is 0 Å². The number of aromatic hydroxyl groups is 2. The van der Waals surface area contributed by atoms with E-state index in [2.05, 4.69) is 0 Å².